The van der Waals surface area contributed by atoms with Crippen molar-refractivity contribution in [2.75, 3.05) is 14.2 Å². The van der Waals surface area contributed by atoms with Gasteiger partial charge < -0.3 is 9.47 Å². The zero-order valence-corrected chi connectivity index (χ0v) is 9.56. The Morgan fingerprint density at radius 3 is 2.56 bits per heavy atom. The van der Waals surface area contributed by atoms with Crippen LogP contribution in [0.25, 0.3) is 0 Å². The normalized spacial score (nSPS) is 16.3. The van der Waals surface area contributed by atoms with E-state index in [9.17, 15) is 5.26 Å². The maximum Gasteiger partial charge on any atom is 0.127 e. The summed E-state index contributed by atoms with van der Waals surface area (Å²) in [6.07, 6.45) is 2.29. The van der Waals surface area contributed by atoms with E-state index in [-0.39, 0.29) is 5.92 Å². The van der Waals surface area contributed by atoms with Crippen molar-refractivity contribution in [1.29, 1.82) is 5.26 Å². The molecule has 0 radical (unpaired) electrons. The largest absolute Gasteiger partial charge is 0.497 e. The predicted molar refractivity (Wildman–Crippen MR) is 60.6 cm³/mol. The fourth-order valence-corrected chi connectivity index (χ4v) is 1.93. The van der Waals surface area contributed by atoms with Gasteiger partial charge in [-0.05, 0) is 24.8 Å². The number of nitriles is 1. The minimum Gasteiger partial charge on any atom is -0.497 e. The number of nitrogens with zero attached hydrogens (tertiary/aromatic N) is 1. The van der Waals surface area contributed by atoms with E-state index in [1.165, 1.54) is 0 Å². The van der Waals surface area contributed by atoms with Gasteiger partial charge in [-0.3, -0.25) is 0 Å². The molecule has 1 aromatic carbocycles. The summed E-state index contributed by atoms with van der Waals surface area (Å²) in [5, 5.41) is 9.20. The fraction of sp³-hybridized carbons (Fsp3) is 0.462. The van der Waals surface area contributed by atoms with Crippen molar-refractivity contribution >= 4 is 0 Å². The lowest BCUT2D eigenvalue weighted by molar-refractivity contribution is 0.389. The Balaban J connectivity index is 2.35. The third kappa shape index (κ3) is 1.96. The molecule has 1 aromatic rings. The molecule has 0 heterocycles. The van der Waals surface area contributed by atoms with E-state index < -0.39 is 0 Å². The number of hydrogen-bond donors (Lipinski definition) is 0. The van der Waals surface area contributed by atoms with Gasteiger partial charge >= 0.3 is 0 Å². The number of rotatable bonds is 4. The van der Waals surface area contributed by atoms with Crippen molar-refractivity contribution in [2.24, 2.45) is 5.92 Å². The molecular formula is C13H15NO2. The molecule has 0 N–H and O–H groups in total. The van der Waals surface area contributed by atoms with Crippen molar-refractivity contribution in [3.05, 3.63) is 23.8 Å². The van der Waals surface area contributed by atoms with Gasteiger partial charge in [-0.1, -0.05) is 6.07 Å². The molecule has 0 aromatic heterocycles. The molecular weight excluding hydrogens is 202 g/mol. The van der Waals surface area contributed by atoms with Gasteiger partial charge in [0.15, 0.2) is 0 Å². The molecule has 1 aliphatic rings. The van der Waals surface area contributed by atoms with E-state index in [1.807, 2.05) is 18.2 Å². The third-order valence-electron chi connectivity index (χ3n) is 3.01. The van der Waals surface area contributed by atoms with Crippen molar-refractivity contribution in [1.82, 2.24) is 0 Å². The van der Waals surface area contributed by atoms with Crippen molar-refractivity contribution < 1.29 is 9.47 Å². The quantitative estimate of drug-likeness (QED) is 0.778. The van der Waals surface area contributed by atoms with Gasteiger partial charge in [0.2, 0.25) is 0 Å². The van der Waals surface area contributed by atoms with E-state index in [0.717, 1.165) is 29.9 Å². The first-order valence-corrected chi connectivity index (χ1v) is 5.41. The van der Waals surface area contributed by atoms with E-state index in [1.54, 1.807) is 14.2 Å². The monoisotopic (exact) mass is 217 g/mol. The topological polar surface area (TPSA) is 42.2 Å². The second-order valence-corrected chi connectivity index (χ2v) is 4.05. The Labute approximate surface area is 95.6 Å². The van der Waals surface area contributed by atoms with E-state index in [0.29, 0.717) is 5.92 Å². The number of benzene rings is 1. The van der Waals surface area contributed by atoms with Crippen LogP contribution < -0.4 is 9.47 Å². The van der Waals surface area contributed by atoms with Gasteiger partial charge in [-0.25, -0.2) is 0 Å². The lowest BCUT2D eigenvalue weighted by Gasteiger charge is -2.14. The van der Waals surface area contributed by atoms with Crippen LogP contribution in [0.15, 0.2) is 18.2 Å². The van der Waals surface area contributed by atoms with E-state index in [4.69, 9.17) is 9.47 Å². The third-order valence-corrected chi connectivity index (χ3v) is 3.01. The fourth-order valence-electron chi connectivity index (χ4n) is 1.93. The molecule has 0 spiro atoms. The molecule has 3 heteroatoms. The molecule has 3 nitrogen and oxygen atoms in total. The maximum absolute atomic E-state index is 9.20. The van der Waals surface area contributed by atoms with Gasteiger partial charge in [0.1, 0.15) is 11.5 Å². The highest BCUT2D eigenvalue weighted by Crippen LogP contribution is 2.45. The summed E-state index contributed by atoms with van der Waals surface area (Å²) in [6.45, 7) is 0. The van der Waals surface area contributed by atoms with Crippen molar-refractivity contribution in [3.63, 3.8) is 0 Å². The molecule has 2 rings (SSSR count). The highest BCUT2D eigenvalue weighted by atomic mass is 16.5. The van der Waals surface area contributed by atoms with Crippen LogP contribution >= 0.6 is 0 Å². The van der Waals surface area contributed by atoms with E-state index >= 15 is 0 Å². The van der Waals surface area contributed by atoms with Gasteiger partial charge in [-0.15, -0.1) is 0 Å². The standard InChI is InChI=1S/C13H15NO2/c1-15-10-5-6-11(13(7-10)16-2)12(8-14)9-3-4-9/h5-7,9,12H,3-4H2,1-2H3. The Bertz CT molecular complexity index is 418. The summed E-state index contributed by atoms with van der Waals surface area (Å²) < 4.78 is 10.5. The molecule has 0 amide bonds. The molecule has 16 heavy (non-hydrogen) atoms. The second-order valence-electron chi connectivity index (χ2n) is 4.05. The smallest absolute Gasteiger partial charge is 0.127 e. The van der Waals surface area contributed by atoms with E-state index in [2.05, 4.69) is 6.07 Å². The van der Waals surface area contributed by atoms with Gasteiger partial charge in [0.25, 0.3) is 0 Å². The van der Waals surface area contributed by atoms with Crippen LogP contribution in [-0.2, 0) is 0 Å². The molecule has 1 atom stereocenters. The minimum absolute atomic E-state index is 0.0409. The number of ether oxygens (including phenoxy) is 2. The molecule has 84 valence electrons. The first-order chi connectivity index (χ1) is 7.80. The molecule has 0 aliphatic heterocycles. The first kappa shape index (κ1) is 10.8. The number of methoxy groups -OCH3 is 2. The van der Waals surface area contributed by atoms with Crippen LogP contribution in [0.4, 0.5) is 0 Å². The molecule has 0 saturated heterocycles. The molecule has 0 bridgehead atoms. The van der Waals surface area contributed by atoms with Crippen LogP contribution in [0.5, 0.6) is 11.5 Å². The predicted octanol–water partition coefficient (Wildman–Crippen LogP) is 2.72. The summed E-state index contributed by atoms with van der Waals surface area (Å²) in [5.74, 6) is 1.97. The molecule has 1 aliphatic carbocycles. The highest BCUT2D eigenvalue weighted by Gasteiger charge is 2.34. The second kappa shape index (κ2) is 4.44. The Kier molecular flexibility index (Phi) is 3.00. The van der Waals surface area contributed by atoms with Crippen LogP contribution in [0, 0.1) is 17.2 Å². The summed E-state index contributed by atoms with van der Waals surface area (Å²) in [6, 6.07) is 8.02. The Morgan fingerprint density at radius 1 is 1.31 bits per heavy atom. The van der Waals surface area contributed by atoms with Crippen LogP contribution in [-0.4, -0.2) is 14.2 Å². The van der Waals surface area contributed by atoms with Crippen molar-refractivity contribution in [3.8, 4) is 17.6 Å². The highest BCUT2D eigenvalue weighted by molar-refractivity contribution is 5.45. The Hall–Kier alpha value is -1.69. The van der Waals surface area contributed by atoms with Crippen molar-refractivity contribution in [2.45, 2.75) is 18.8 Å². The SMILES string of the molecule is COc1ccc(C(C#N)C2CC2)c(OC)c1. The number of hydrogen-bond acceptors (Lipinski definition) is 3. The summed E-state index contributed by atoms with van der Waals surface area (Å²) in [7, 11) is 3.25. The summed E-state index contributed by atoms with van der Waals surface area (Å²) >= 11 is 0. The van der Waals surface area contributed by atoms with Crippen LogP contribution in [0.2, 0.25) is 0 Å². The molecule has 1 fully saturated rings. The summed E-state index contributed by atoms with van der Waals surface area (Å²) in [4.78, 5) is 0. The average molecular weight is 217 g/mol. The van der Waals surface area contributed by atoms with Gasteiger partial charge in [0, 0.05) is 11.6 Å². The zero-order chi connectivity index (χ0) is 11.5. The average Bonchev–Trinajstić information content (AvgIpc) is 3.15. The Morgan fingerprint density at radius 2 is 2.06 bits per heavy atom. The van der Waals surface area contributed by atoms with Gasteiger partial charge in [-0.2, -0.15) is 5.26 Å². The first-order valence-electron chi connectivity index (χ1n) is 5.41. The molecule has 1 unspecified atom stereocenters. The summed E-state index contributed by atoms with van der Waals surface area (Å²) in [5.41, 5.74) is 0.980. The maximum atomic E-state index is 9.20. The van der Waals surface area contributed by atoms with Crippen LogP contribution in [0.3, 0.4) is 0 Å². The van der Waals surface area contributed by atoms with Crippen LogP contribution in [0.1, 0.15) is 24.3 Å². The minimum atomic E-state index is -0.0409. The lowest BCUT2D eigenvalue weighted by atomic mass is 9.95. The molecule has 1 saturated carbocycles. The lowest BCUT2D eigenvalue weighted by Crippen LogP contribution is -2.01. The zero-order valence-electron chi connectivity index (χ0n) is 9.56. The van der Waals surface area contributed by atoms with Gasteiger partial charge in [0.05, 0.1) is 26.2 Å².